The van der Waals surface area contributed by atoms with Gasteiger partial charge in [0.05, 0.1) is 7.11 Å². The zero-order chi connectivity index (χ0) is 11.5. The minimum atomic E-state index is 0.345. The van der Waals surface area contributed by atoms with Crippen LogP contribution in [0.2, 0.25) is 0 Å². The molecule has 1 aliphatic rings. The Morgan fingerprint density at radius 2 is 2.25 bits per heavy atom. The van der Waals surface area contributed by atoms with E-state index in [1.165, 1.54) is 18.4 Å². The monoisotopic (exact) mass is 302 g/mol. The Labute approximate surface area is 110 Å². The molecule has 1 nitrogen and oxygen atoms in total. The van der Waals surface area contributed by atoms with Crippen molar-refractivity contribution in [1.82, 2.24) is 0 Å². The van der Waals surface area contributed by atoms with Gasteiger partial charge in [-0.15, -0.1) is 11.6 Å². The second-order valence-corrected chi connectivity index (χ2v) is 5.76. The summed E-state index contributed by atoms with van der Waals surface area (Å²) in [7, 11) is 1.70. The quantitative estimate of drug-likeness (QED) is 0.732. The first-order chi connectivity index (χ1) is 7.70. The molecule has 1 aromatic rings. The summed E-state index contributed by atoms with van der Waals surface area (Å²) in [6.45, 7) is 0. The highest BCUT2D eigenvalue weighted by Crippen LogP contribution is 2.38. The van der Waals surface area contributed by atoms with Gasteiger partial charge in [-0.05, 0) is 55.4 Å². The number of alkyl halides is 1. The molecule has 1 fully saturated rings. The lowest BCUT2D eigenvalue weighted by Gasteiger charge is -2.10. The summed E-state index contributed by atoms with van der Waals surface area (Å²) in [5.74, 6) is 1.68. The SMILES string of the molecule is COc1ccc(Br)c(CCC(Cl)C2CC2)c1. The molecule has 0 amide bonds. The summed E-state index contributed by atoms with van der Waals surface area (Å²) < 4.78 is 6.37. The van der Waals surface area contributed by atoms with E-state index < -0.39 is 0 Å². The van der Waals surface area contributed by atoms with Gasteiger partial charge >= 0.3 is 0 Å². The van der Waals surface area contributed by atoms with Crippen molar-refractivity contribution in [2.24, 2.45) is 5.92 Å². The highest BCUT2D eigenvalue weighted by Gasteiger charge is 2.29. The molecule has 16 heavy (non-hydrogen) atoms. The van der Waals surface area contributed by atoms with Crippen LogP contribution in [0.25, 0.3) is 0 Å². The van der Waals surface area contributed by atoms with Crippen LogP contribution in [0, 0.1) is 5.92 Å². The van der Waals surface area contributed by atoms with Gasteiger partial charge in [-0.2, -0.15) is 0 Å². The molecule has 1 atom stereocenters. The molecule has 0 aliphatic heterocycles. The third kappa shape index (κ3) is 3.14. The van der Waals surface area contributed by atoms with Crippen LogP contribution in [-0.2, 0) is 6.42 Å². The first-order valence-electron chi connectivity index (χ1n) is 5.67. The van der Waals surface area contributed by atoms with E-state index in [0.29, 0.717) is 5.38 Å². The highest BCUT2D eigenvalue weighted by atomic mass is 79.9. The molecule has 0 aromatic heterocycles. The number of benzene rings is 1. The maximum atomic E-state index is 6.31. The molecule has 2 rings (SSSR count). The molecule has 1 aromatic carbocycles. The van der Waals surface area contributed by atoms with Crippen LogP contribution in [0.5, 0.6) is 5.75 Å². The van der Waals surface area contributed by atoms with Gasteiger partial charge in [-0.25, -0.2) is 0 Å². The third-order valence-corrected chi connectivity index (χ3v) is 4.42. The third-order valence-electron chi connectivity index (χ3n) is 3.08. The molecular weight excluding hydrogens is 287 g/mol. The zero-order valence-electron chi connectivity index (χ0n) is 9.38. The van der Waals surface area contributed by atoms with Crippen LogP contribution >= 0.6 is 27.5 Å². The fraction of sp³-hybridized carbons (Fsp3) is 0.538. The Kier molecular flexibility index (Phi) is 4.15. The molecule has 0 spiro atoms. The average Bonchev–Trinajstić information content (AvgIpc) is 3.11. The first kappa shape index (κ1) is 12.3. The van der Waals surface area contributed by atoms with Crippen molar-refractivity contribution < 1.29 is 4.74 Å². The summed E-state index contributed by atoms with van der Waals surface area (Å²) in [6.07, 6.45) is 4.70. The van der Waals surface area contributed by atoms with Gasteiger partial charge in [0, 0.05) is 9.85 Å². The van der Waals surface area contributed by atoms with Gasteiger partial charge in [0.1, 0.15) is 5.75 Å². The van der Waals surface area contributed by atoms with E-state index >= 15 is 0 Å². The normalized spacial score (nSPS) is 17.2. The first-order valence-corrected chi connectivity index (χ1v) is 6.90. The zero-order valence-corrected chi connectivity index (χ0v) is 11.7. The molecule has 1 unspecified atom stereocenters. The summed E-state index contributed by atoms with van der Waals surface area (Å²) in [5, 5.41) is 0.345. The van der Waals surface area contributed by atoms with Gasteiger partial charge in [-0.3, -0.25) is 0 Å². The largest absolute Gasteiger partial charge is 0.497 e. The lowest BCUT2D eigenvalue weighted by atomic mass is 10.1. The standard InChI is InChI=1S/C13H16BrClO/c1-16-11-5-6-12(14)10(8-11)4-7-13(15)9-2-3-9/h5-6,8-9,13H,2-4,7H2,1H3. The molecule has 0 saturated heterocycles. The Morgan fingerprint density at radius 3 is 2.88 bits per heavy atom. The van der Waals surface area contributed by atoms with E-state index in [9.17, 15) is 0 Å². The Hall–Kier alpha value is -0.210. The van der Waals surface area contributed by atoms with Crippen molar-refractivity contribution in [3.05, 3.63) is 28.2 Å². The van der Waals surface area contributed by atoms with E-state index in [1.54, 1.807) is 7.11 Å². The number of hydrogen-bond acceptors (Lipinski definition) is 1. The predicted molar refractivity (Wildman–Crippen MR) is 71.4 cm³/mol. The maximum Gasteiger partial charge on any atom is 0.119 e. The van der Waals surface area contributed by atoms with Gasteiger partial charge in [0.2, 0.25) is 0 Å². The lowest BCUT2D eigenvalue weighted by Crippen LogP contribution is -2.03. The maximum absolute atomic E-state index is 6.31. The van der Waals surface area contributed by atoms with E-state index in [-0.39, 0.29) is 0 Å². The number of halogens is 2. The average molecular weight is 304 g/mol. The van der Waals surface area contributed by atoms with Crippen molar-refractivity contribution in [2.45, 2.75) is 31.1 Å². The summed E-state index contributed by atoms with van der Waals surface area (Å²) in [5.41, 5.74) is 1.28. The van der Waals surface area contributed by atoms with Gasteiger partial charge < -0.3 is 4.74 Å². The number of rotatable bonds is 5. The van der Waals surface area contributed by atoms with Crippen molar-refractivity contribution in [3.63, 3.8) is 0 Å². The Bertz CT molecular complexity index is 363. The molecule has 0 bridgehead atoms. The van der Waals surface area contributed by atoms with Crippen LogP contribution in [-0.4, -0.2) is 12.5 Å². The topological polar surface area (TPSA) is 9.23 Å². The summed E-state index contributed by atoms with van der Waals surface area (Å²) in [6, 6.07) is 6.09. The van der Waals surface area contributed by atoms with Crippen molar-refractivity contribution in [3.8, 4) is 5.75 Å². The van der Waals surface area contributed by atoms with E-state index in [4.69, 9.17) is 16.3 Å². The molecule has 1 saturated carbocycles. The Balaban J connectivity index is 1.96. The minimum absolute atomic E-state index is 0.345. The van der Waals surface area contributed by atoms with Crippen LogP contribution < -0.4 is 4.74 Å². The van der Waals surface area contributed by atoms with Crippen LogP contribution in [0.1, 0.15) is 24.8 Å². The molecule has 0 radical (unpaired) electrons. The lowest BCUT2D eigenvalue weighted by molar-refractivity contribution is 0.414. The number of methoxy groups -OCH3 is 1. The number of hydrogen-bond donors (Lipinski definition) is 0. The number of aryl methyl sites for hydroxylation is 1. The van der Waals surface area contributed by atoms with Gasteiger partial charge in [-0.1, -0.05) is 15.9 Å². The van der Waals surface area contributed by atoms with Crippen LogP contribution in [0.3, 0.4) is 0 Å². The minimum Gasteiger partial charge on any atom is -0.497 e. The van der Waals surface area contributed by atoms with Gasteiger partial charge in [0.15, 0.2) is 0 Å². The molecule has 88 valence electrons. The number of ether oxygens (including phenoxy) is 1. The molecule has 0 N–H and O–H groups in total. The highest BCUT2D eigenvalue weighted by molar-refractivity contribution is 9.10. The summed E-state index contributed by atoms with van der Waals surface area (Å²) >= 11 is 9.87. The van der Waals surface area contributed by atoms with E-state index in [2.05, 4.69) is 22.0 Å². The summed E-state index contributed by atoms with van der Waals surface area (Å²) in [4.78, 5) is 0. The smallest absolute Gasteiger partial charge is 0.119 e. The van der Waals surface area contributed by atoms with E-state index in [0.717, 1.165) is 29.0 Å². The fourth-order valence-electron chi connectivity index (χ4n) is 1.86. The van der Waals surface area contributed by atoms with Crippen molar-refractivity contribution in [2.75, 3.05) is 7.11 Å². The van der Waals surface area contributed by atoms with Crippen LogP contribution in [0.4, 0.5) is 0 Å². The van der Waals surface area contributed by atoms with Crippen molar-refractivity contribution >= 4 is 27.5 Å². The molecule has 1 aliphatic carbocycles. The van der Waals surface area contributed by atoms with Crippen molar-refractivity contribution in [1.29, 1.82) is 0 Å². The fourth-order valence-corrected chi connectivity index (χ4v) is 2.66. The predicted octanol–water partition coefficient (Wildman–Crippen LogP) is 4.41. The van der Waals surface area contributed by atoms with E-state index in [1.807, 2.05) is 12.1 Å². The molecular formula is C13H16BrClO. The molecule has 0 heterocycles. The Morgan fingerprint density at radius 1 is 1.50 bits per heavy atom. The second kappa shape index (κ2) is 5.42. The van der Waals surface area contributed by atoms with Crippen LogP contribution in [0.15, 0.2) is 22.7 Å². The molecule has 3 heteroatoms. The second-order valence-electron chi connectivity index (χ2n) is 4.35. The van der Waals surface area contributed by atoms with Gasteiger partial charge in [0.25, 0.3) is 0 Å².